The molecule has 0 aromatic heterocycles. The average Bonchev–Trinajstić information content (AvgIpc) is 0. The fraction of sp³-hybridized carbons (Fsp3) is 0. The van der Waals surface area contributed by atoms with Crippen LogP contribution in [0.1, 0.15) is 0 Å². The summed E-state index contributed by atoms with van der Waals surface area (Å²) in [5, 5.41) is 0. The summed E-state index contributed by atoms with van der Waals surface area (Å²) < 4.78 is 0. The van der Waals surface area contributed by atoms with Gasteiger partial charge in [-0.3, -0.25) is 0 Å². The first-order valence-electron chi connectivity index (χ1n) is 0. The first kappa shape index (κ1) is 27.1. The van der Waals surface area contributed by atoms with Gasteiger partial charge in [0.1, 0.15) is 0 Å². The van der Waals surface area contributed by atoms with Gasteiger partial charge in [0.25, 0.3) is 0 Å². The summed E-state index contributed by atoms with van der Waals surface area (Å²) in [6, 6.07) is 0. The second-order valence-corrected chi connectivity index (χ2v) is 0. The Kier molecular flexibility index (Phi) is 111. The molecular weight excluding hydrogens is 613 g/mol. The third-order valence-corrected chi connectivity index (χ3v) is 0. The van der Waals surface area contributed by atoms with E-state index >= 15 is 0 Å². The second kappa shape index (κ2) is 16.4. The van der Waals surface area contributed by atoms with Crippen LogP contribution in [0.3, 0.4) is 0 Å². The third kappa shape index (κ3) is 8.95. The molecule has 0 saturated heterocycles. The minimum absolute atomic E-state index is 0. The summed E-state index contributed by atoms with van der Waals surface area (Å²) in [6.45, 7) is 0. The van der Waals surface area contributed by atoms with Crippen LogP contribution in [0.15, 0.2) is 0 Å². The maximum absolute atomic E-state index is 0. The summed E-state index contributed by atoms with van der Waals surface area (Å²) in [5.41, 5.74) is 0. The second-order valence-electron chi connectivity index (χ2n) is 0. The Morgan fingerprint density at radius 1 is 1.00 bits per heavy atom. The van der Waals surface area contributed by atoms with Gasteiger partial charge in [-0.1, -0.05) is 0 Å². The van der Waals surface area contributed by atoms with Gasteiger partial charge in [-0.15, -0.1) is 0 Å². The SMILES string of the molecule is [AsH3].[BiH3].[PbH2].[SbH3]. The van der Waals surface area contributed by atoms with Crippen LogP contribution in [0.25, 0.3) is 0 Å². The van der Waals surface area contributed by atoms with E-state index in [1.165, 1.54) is 0 Å². The third-order valence-electron chi connectivity index (χ3n) is 0. The van der Waals surface area contributed by atoms with Crippen molar-refractivity contribution in [3.05, 3.63) is 0 Å². The predicted octanol–water partition coefficient (Wildman–Crippen LogP) is -4.47. The zero-order valence-corrected chi connectivity index (χ0v) is 20.8. The van der Waals surface area contributed by atoms with E-state index in [0.717, 1.165) is 0 Å². The molecule has 0 saturated carbocycles. The molecule has 0 aromatic rings. The molecule has 1 atom stereocenters. The standard InChI is InChI=1S/AsH3.Bi.Pb.Sb.8H/h1H3;;;;;;;;;;;. The number of rotatable bonds is 0. The van der Waals surface area contributed by atoms with Crippen LogP contribution in [0.2, 0.25) is 0 Å². The summed E-state index contributed by atoms with van der Waals surface area (Å²) in [4.78, 5) is 0. The Morgan fingerprint density at radius 3 is 1.00 bits per heavy atom. The van der Waals surface area contributed by atoms with E-state index in [9.17, 15) is 0 Å². The summed E-state index contributed by atoms with van der Waals surface area (Å²) in [6.07, 6.45) is 0. The van der Waals surface area contributed by atoms with Crippen LogP contribution < -0.4 is 0 Å². The Hall–Kier alpha value is 3.18. The van der Waals surface area contributed by atoms with Crippen LogP contribution in [-0.2, 0) is 0 Å². The zero-order valence-electron chi connectivity index (χ0n) is 2.83. The molecule has 0 N–H and O–H groups in total. The van der Waals surface area contributed by atoms with E-state index in [1.54, 1.807) is 0 Å². The molecule has 2 radical (unpaired) electrons. The van der Waals surface area contributed by atoms with E-state index in [1.807, 2.05) is 0 Å². The van der Waals surface area contributed by atoms with Gasteiger partial charge in [-0.2, -0.15) is 0 Å². The molecule has 0 aliphatic rings. The molecular formula is H11AsBiPbSb. The maximum atomic E-state index is 0. The fourth-order valence-corrected chi connectivity index (χ4v) is 0. The van der Waals surface area contributed by atoms with Gasteiger partial charge < -0.3 is 0 Å². The molecule has 0 nitrogen and oxygen atoms in total. The fourth-order valence-electron chi connectivity index (χ4n) is 0. The summed E-state index contributed by atoms with van der Waals surface area (Å²) in [7, 11) is 0. The van der Waals surface area contributed by atoms with Crippen molar-refractivity contribution in [2.75, 3.05) is 0 Å². The molecule has 0 aliphatic heterocycles. The van der Waals surface area contributed by atoms with Crippen LogP contribution in [0.4, 0.5) is 0 Å². The minimum atomic E-state index is 0. The Morgan fingerprint density at radius 2 is 1.00 bits per heavy atom. The van der Waals surface area contributed by atoms with E-state index in [2.05, 4.69) is 0 Å². The molecule has 0 spiro atoms. The number of hydrogen-bond acceptors (Lipinski definition) is 0. The molecule has 4 heteroatoms. The number of hydrogen-bond donors (Lipinski definition) is 0. The molecule has 0 aliphatic carbocycles. The van der Waals surface area contributed by atoms with Crippen molar-refractivity contribution < 1.29 is 0 Å². The van der Waals surface area contributed by atoms with E-state index in [-0.39, 0.29) is 95.9 Å². The summed E-state index contributed by atoms with van der Waals surface area (Å²) in [5.74, 6) is 0. The van der Waals surface area contributed by atoms with Crippen LogP contribution in [0, 0.1) is 0 Å². The van der Waals surface area contributed by atoms with Crippen molar-refractivity contribution in [3.63, 3.8) is 0 Å². The first-order chi connectivity index (χ1) is 0. The molecule has 30 valence electrons. The van der Waals surface area contributed by atoms with Crippen molar-refractivity contribution in [2.24, 2.45) is 0 Å². The van der Waals surface area contributed by atoms with E-state index in [0.29, 0.717) is 0 Å². The zero-order chi connectivity index (χ0) is 0. The predicted molar refractivity (Wildman–Crippen MR) is 38.4 cm³/mol. The molecule has 4 heavy (non-hydrogen) atoms. The topological polar surface area (TPSA) is 0 Å². The van der Waals surface area contributed by atoms with Gasteiger partial charge in [-0.25, -0.2) is 0 Å². The monoisotopic (exact) mass is 624 g/mol. The molecule has 0 heterocycles. The van der Waals surface area contributed by atoms with E-state index in [4.69, 9.17) is 0 Å². The quantitative estimate of drug-likeness (QED) is 0.239. The van der Waals surface area contributed by atoms with Gasteiger partial charge in [0.05, 0.1) is 0 Å². The van der Waals surface area contributed by atoms with Gasteiger partial charge in [-0.05, 0) is 0 Å². The van der Waals surface area contributed by atoms with Gasteiger partial charge in [0, 0.05) is 0 Å². The van der Waals surface area contributed by atoms with E-state index < -0.39 is 0 Å². The average molecular weight is 624 g/mol. The van der Waals surface area contributed by atoms with Crippen LogP contribution >= 0.6 is 0 Å². The van der Waals surface area contributed by atoms with Crippen molar-refractivity contribution >= 4 is 95.9 Å². The molecule has 0 amide bonds. The Balaban J connectivity index is 0. The Bertz CT molecular complexity index is 8.00. The first-order valence-corrected chi connectivity index (χ1v) is 0. The molecule has 0 bridgehead atoms. The van der Waals surface area contributed by atoms with Crippen LogP contribution in [-0.4, -0.2) is 95.9 Å². The van der Waals surface area contributed by atoms with Crippen molar-refractivity contribution in [3.8, 4) is 0 Å². The van der Waals surface area contributed by atoms with Crippen molar-refractivity contribution in [1.82, 2.24) is 0 Å². The van der Waals surface area contributed by atoms with Crippen LogP contribution in [0.5, 0.6) is 0 Å². The molecule has 1 unspecified atom stereocenters. The molecule has 0 aromatic carbocycles. The van der Waals surface area contributed by atoms with Gasteiger partial charge >= 0.3 is 95.9 Å². The van der Waals surface area contributed by atoms with Crippen molar-refractivity contribution in [2.45, 2.75) is 0 Å². The van der Waals surface area contributed by atoms with Crippen molar-refractivity contribution in [1.29, 1.82) is 0 Å². The summed E-state index contributed by atoms with van der Waals surface area (Å²) >= 11 is 0. The normalized spacial score (nSPS) is 0. The Labute approximate surface area is 93.9 Å². The molecule has 0 rings (SSSR count). The van der Waals surface area contributed by atoms with Gasteiger partial charge in [0.2, 0.25) is 0 Å². The van der Waals surface area contributed by atoms with Gasteiger partial charge in [0.15, 0.2) is 0 Å². The molecule has 0 fully saturated rings.